The first kappa shape index (κ1) is 13.1. The molecule has 5 nitrogen and oxygen atoms in total. The van der Waals surface area contributed by atoms with Crippen molar-refractivity contribution in [3.05, 3.63) is 0 Å². The fraction of sp³-hybridized carbons (Fsp3) is 0.667. The number of carboxylic acid groups (broad SMARTS) is 1. The molecule has 5 N–H and O–H groups in total. The van der Waals surface area contributed by atoms with Gasteiger partial charge in [0.15, 0.2) is 7.85 Å². The smallest absolute Gasteiger partial charge is 0.320 e. The molecule has 14 heavy (non-hydrogen) atoms. The molecule has 0 amide bonds. The molecule has 0 saturated heterocycles. The fourth-order valence-electron chi connectivity index (χ4n) is 0.806. The molecule has 0 aromatic carbocycles. The Labute approximate surface area is 86.6 Å². The van der Waals surface area contributed by atoms with E-state index in [-0.39, 0.29) is 18.6 Å². The van der Waals surface area contributed by atoms with Crippen LogP contribution in [0.15, 0.2) is 4.99 Å². The van der Waals surface area contributed by atoms with Crippen molar-refractivity contribution in [2.24, 2.45) is 16.5 Å². The Morgan fingerprint density at radius 1 is 1.57 bits per heavy atom. The van der Waals surface area contributed by atoms with Crippen molar-refractivity contribution in [3.8, 4) is 0 Å². The number of nitrogens with zero attached hydrogens (tertiary/aromatic N) is 1. The van der Waals surface area contributed by atoms with Crippen LogP contribution in [0.3, 0.4) is 0 Å². The largest absolute Gasteiger partial charge is 0.480 e. The third-order valence-corrected chi connectivity index (χ3v) is 1.51. The first-order valence-corrected chi connectivity index (χ1v) is 3.91. The minimum atomic E-state index is -1.47. The standard InChI is InChI=1S/C6H10B3N3O2/c7-5(11)12-6(8,9)2-1-3(10)4(13)14/h3H,1-2,10H2,(H2,11,12)(H,13,14)/t3-/m0/s1. The Morgan fingerprint density at radius 3 is 2.43 bits per heavy atom. The van der Waals surface area contributed by atoms with E-state index in [4.69, 9.17) is 40.1 Å². The third kappa shape index (κ3) is 5.69. The number of aliphatic imine (C=N–C) groups is 1. The molecule has 6 radical (unpaired) electrons. The lowest BCUT2D eigenvalue weighted by Gasteiger charge is -2.22. The Kier molecular flexibility index (Phi) is 4.77. The molecule has 0 aliphatic heterocycles. The molecule has 0 saturated carbocycles. The van der Waals surface area contributed by atoms with Crippen molar-refractivity contribution in [2.45, 2.75) is 24.2 Å². The van der Waals surface area contributed by atoms with Crippen molar-refractivity contribution in [1.29, 1.82) is 0 Å². The second-order valence-electron chi connectivity index (χ2n) is 3.01. The molecule has 0 bridgehead atoms. The highest BCUT2D eigenvalue weighted by atomic mass is 16.4. The van der Waals surface area contributed by atoms with Gasteiger partial charge in [0.1, 0.15) is 6.04 Å². The van der Waals surface area contributed by atoms with E-state index in [2.05, 4.69) is 4.99 Å². The van der Waals surface area contributed by atoms with E-state index in [1.165, 1.54) is 0 Å². The molecule has 0 unspecified atom stereocenters. The van der Waals surface area contributed by atoms with Gasteiger partial charge in [-0.2, -0.15) is 0 Å². The normalized spacial score (nSPS) is 15.1. The summed E-state index contributed by atoms with van der Waals surface area (Å²) in [5.74, 6) is -1.12. The third-order valence-electron chi connectivity index (χ3n) is 1.51. The van der Waals surface area contributed by atoms with Gasteiger partial charge in [-0.15, -0.1) is 0 Å². The summed E-state index contributed by atoms with van der Waals surface area (Å²) in [6.07, 6.45) is 0.178. The Morgan fingerprint density at radius 2 is 2.07 bits per heavy atom. The summed E-state index contributed by atoms with van der Waals surface area (Å²) < 4.78 is 0. The highest BCUT2D eigenvalue weighted by Gasteiger charge is 2.19. The zero-order chi connectivity index (χ0) is 11.4. The van der Waals surface area contributed by atoms with E-state index in [0.717, 1.165) is 0 Å². The highest BCUT2D eigenvalue weighted by molar-refractivity contribution is 6.59. The van der Waals surface area contributed by atoms with E-state index in [9.17, 15) is 4.79 Å². The Bertz CT molecular complexity index is 240. The molecule has 70 valence electrons. The minimum Gasteiger partial charge on any atom is -0.480 e. The van der Waals surface area contributed by atoms with Crippen molar-refractivity contribution in [1.82, 2.24) is 0 Å². The van der Waals surface area contributed by atoms with E-state index in [1.54, 1.807) is 0 Å². The van der Waals surface area contributed by atoms with Crippen LogP contribution >= 0.6 is 0 Å². The molecule has 0 spiro atoms. The van der Waals surface area contributed by atoms with Crippen LogP contribution in [0.25, 0.3) is 0 Å². The molecular formula is C6H10B3N3O2. The number of aliphatic carboxylic acids is 1. The average Bonchev–Trinajstić information content (AvgIpc) is 1.97. The summed E-state index contributed by atoms with van der Waals surface area (Å²) in [4.78, 5) is 13.9. The maximum atomic E-state index is 10.3. The van der Waals surface area contributed by atoms with E-state index in [0.29, 0.717) is 0 Å². The quantitative estimate of drug-likeness (QED) is 0.256. The predicted octanol–water partition coefficient (Wildman–Crippen LogP) is -2.35. The van der Waals surface area contributed by atoms with Gasteiger partial charge in [0.25, 0.3) is 0 Å². The molecule has 0 aromatic rings. The fourth-order valence-corrected chi connectivity index (χ4v) is 0.806. The number of nitrogens with two attached hydrogens (primary N) is 2. The summed E-state index contributed by atoms with van der Waals surface area (Å²) in [6.45, 7) is 0. The molecule has 8 heteroatoms. The van der Waals surface area contributed by atoms with E-state index < -0.39 is 17.3 Å². The maximum Gasteiger partial charge on any atom is 0.320 e. The van der Waals surface area contributed by atoms with Gasteiger partial charge >= 0.3 is 5.97 Å². The number of amidine groups is 1. The summed E-state index contributed by atoms with van der Waals surface area (Å²) in [6, 6.07) is -1.02. The molecular weight excluding hydrogens is 179 g/mol. The number of carbonyl (C=O) groups is 1. The van der Waals surface area contributed by atoms with Gasteiger partial charge in [-0.25, -0.2) is 0 Å². The zero-order valence-electron chi connectivity index (χ0n) is 7.68. The van der Waals surface area contributed by atoms with Crippen LogP contribution in [0.4, 0.5) is 0 Å². The van der Waals surface area contributed by atoms with E-state index in [1.807, 2.05) is 0 Å². The average molecular weight is 189 g/mol. The van der Waals surface area contributed by atoms with Crippen LogP contribution in [-0.2, 0) is 4.79 Å². The van der Waals surface area contributed by atoms with Gasteiger partial charge in [-0.05, 0) is 18.2 Å². The SMILES string of the molecule is [B]C(N)=NC([B])([B])CC[C@H](N)C(=O)O. The van der Waals surface area contributed by atoms with Crippen molar-refractivity contribution >= 4 is 35.2 Å². The second kappa shape index (κ2) is 5.09. The summed E-state index contributed by atoms with van der Waals surface area (Å²) in [7, 11) is 16.0. The molecule has 0 aliphatic rings. The van der Waals surface area contributed by atoms with Crippen LogP contribution in [0, 0.1) is 0 Å². The monoisotopic (exact) mass is 189 g/mol. The lowest BCUT2D eigenvalue weighted by atomic mass is 9.59. The molecule has 0 fully saturated rings. The van der Waals surface area contributed by atoms with E-state index >= 15 is 0 Å². The van der Waals surface area contributed by atoms with Gasteiger partial charge in [-0.1, -0.05) is 0 Å². The van der Waals surface area contributed by atoms with Crippen molar-refractivity contribution < 1.29 is 9.90 Å². The maximum absolute atomic E-state index is 10.3. The van der Waals surface area contributed by atoms with Crippen LogP contribution < -0.4 is 11.5 Å². The van der Waals surface area contributed by atoms with Crippen LogP contribution in [0.1, 0.15) is 12.8 Å². The lowest BCUT2D eigenvalue weighted by Crippen LogP contribution is -2.36. The van der Waals surface area contributed by atoms with Gasteiger partial charge in [0.05, 0.1) is 15.7 Å². The first-order chi connectivity index (χ1) is 6.24. The van der Waals surface area contributed by atoms with Crippen molar-refractivity contribution in [3.63, 3.8) is 0 Å². The molecule has 1 atom stereocenters. The van der Waals surface area contributed by atoms with Crippen LogP contribution in [0.5, 0.6) is 0 Å². The molecule has 0 aromatic heterocycles. The predicted molar refractivity (Wildman–Crippen MR) is 56.5 cm³/mol. The summed E-state index contributed by atoms with van der Waals surface area (Å²) in [5.41, 5.74) is 10.0. The van der Waals surface area contributed by atoms with Gasteiger partial charge in [-0.3, -0.25) is 9.79 Å². The second-order valence-corrected chi connectivity index (χ2v) is 3.01. The van der Waals surface area contributed by atoms with Gasteiger partial charge < -0.3 is 16.6 Å². The number of rotatable bonds is 5. The van der Waals surface area contributed by atoms with Crippen molar-refractivity contribution in [2.75, 3.05) is 0 Å². The Balaban J connectivity index is 4.12. The topological polar surface area (TPSA) is 102 Å². The first-order valence-electron chi connectivity index (χ1n) is 3.91. The summed E-state index contributed by atoms with van der Waals surface area (Å²) >= 11 is 0. The number of carboxylic acids is 1. The Hall–Kier alpha value is -0.905. The van der Waals surface area contributed by atoms with Gasteiger partial charge in [0, 0.05) is 5.73 Å². The minimum absolute atomic E-state index is 0.0817. The molecule has 0 rings (SSSR count). The molecule has 0 aliphatic carbocycles. The van der Waals surface area contributed by atoms with Crippen LogP contribution in [-0.4, -0.2) is 51.7 Å². The van der Waals surface area contributed by atoms with Gasteiger partial charge in [0.2, 0.25) is 0 Å². The molecule has 0 heterocycles. The zero-order valence-corrected chi connectivity index (χ0v) is 7.68. The highest BCUT2D eigenvalue weighted by Crippen LogP contribution is 2.10. The van der Waals surface area contributed by atoms with Crippen LogP contribution in [0.2, 0.25) is 0 Å². The number of hydrogen-bond donors (Lipinski definition) is 3. The summed E-state index contributed by atoms with van der Waals surface area (Å²) in [5, 5.41) is 7.00. The lowest BCUT2D eigenvalue weighted by molar-refractivity contribution is -0.138. The number of hydrogen-bond acceptors (Lipinski definition) is 3.